The van der Waals surface area contributed by atoms with Gasteiger partial charge in [-0.1, -0.05) is 13.8 Å². The second-order valence-corrected chi connectivity index (χ2v) is 4.13. The number of hydrogen-bond acceptors (Lipinski definition) is 4. The van der Waals surface area contributed by atoms with Crippen LogP contribution in [0, 0.1) is 5.92 Å². The van der Waals surface area contributed by atoms with E-state index in [1.54, 1.807) is 0 Å². The van der Waals surface area contributed by atoms with Gasteiger partial charge in [-0.05, 0) is 12.8 Å². The Morgan fingerprint density at radius 1 is 1.31 bits per heavy atom. The van der Waals surface area contributed by atoms with Crippen LogP contribution in [0.4, 0.5) is 5.82 Å². The molecule has 0 aromatic carbocycles. The molecule has 16 heavy (non-hydrogen) atoms. The monoisotopic (exact) mass is 223 g/mol. The Labute approximate surface area is 95.1 Å². The van der Waals surface area contributed by atoms with E-state index in [-0.39, 0.29) is 11.7 Å². The lowest BCUT2D eigenvalue weighted by Crippen LogP contribution is -2.35. The zero-order chi connectivity index (χ0) is 12.3. The molecule has 0 bridgehead atoms. The number of hydrogen-bond donors (Lipinski definition) is 1. The smallest absolute Gasteiger partial charge is 0.358 e. The fourth-order valence-electron chi connectivity index (χ4n) is 1.38. The average Bonchev–Trinajstić information content (AvgIpc) is 2.26. The van der Waals surface area contributed by atoms with Crippen LogP contribution in [-0.4, -0.2) is 34.1 Å². The molecule has 88 valence electrons. The largest absolute Gasteiger partial charge is 0.476 e. The molecule has 1 aromatic rings. The van der Waals surface area contributed by atoms with Crippen molar-refractivity contribution in [3.63, 3.8) is 0 Å². The second-order valence-electron chi connectivity index (χ2n) is 4.13. The molecule has 1 N–H and O–H groups in total. The van der Waals surface area contributed by atoms with Crippen molar-refractivity contribution in [2.45, 2.75) is 26.8 Å². The number of aromatic carboxylic acids is 1. The Morgan fingerprint density at radius 3 is 2.38 bits per heavy atom. The number of carboxylic acid groups (broad SMARTS) is 1. The molecule has 0 amide bonds. The summed E-state index contributed by atoms with van der Waals surface area (Å²) in [4.78, 5) is 20.8. The molecule has 1 unspecified atom stereocenters. The minimum Gasteiger partial charge on any atom is -0.476 e. The minimum atomic E-state index is -1.05. The van der Waals surface area contributed by atoms with Crippen molar-refractivity contribution in [3.05, 3.63) is 18.1 Å². The number of anilines is 1. The van der Waals surface area contributed by atoms with Gasteiger partial charge in [0.15, 0.2) is 11.5 Å². The van der Waals surface area contributed by atoms with Gasteiger partial charge in [0.2, 0.25) is 0 Å². The lowest BCUT2D eigenvalue weighted by molar-refractivity contribution is 0.0690. The minimum absolute atomic E-state index is 0.00231. The zero-order valence-corrected chi connectivity index (χ0v) is 10.0. The maximum atomic E-state index is 11.0. The topological polar surface area (TPSA) is 66.3 Å². The van der Waals surface area contributed by atoms with Gasteiger partial charge in [0.05, 0.1) is 0 Å². The third-order valence-corrected chi connectivity index (χ3v) is 2.79. The summed E-state index contributed by atoms with van der Waals surface area (Å²) in [5, 5.41) is 9.01. The second kappa shape index (κ2) is 4.92. The molecule has 0 aliphatic rings. The van der Waals surface area contributed by atoms with Crippen LogP contribution in [0.25, 0.3) is 0 Å². The van der Waals surface area contributed by atoms with Gasteiger partial charge < -0.3 is 10.0 Å². The Bertz CT molecular complexity index is 379. The Hall–Kier alpha value is -1.65. The van der Waals surface area contributed by atoms with Crippen molar-refractivity contribution in [1.29, 1.82) is 0 Å². The number of aromatic nitrogens is 2. The lowest BCUT2D eigenvalue weighted by atomic mass is 10.1. The van der Waals surface area contributed by atoms with E-state index in [9.17, 15) is 4.79 Å². The highest BCUT2D eigenvalue weighted by Crippen LogP contribution is 2.19. The summed E-state index contributed by atoms with van der Waals surface area (Å²) in [5.41, 5.74) is -0.00231. The van der Waals surface area contributed by atoms with Crippen LogP contribution in [0.1, 0.15) is 31.3 Å². The summed E-state index contributed by atoms with van der Waals surface area (Å²) in [5.74, 6) is -0.226. The predicted molar refractivity (Wildman–Crippen MR) is 61.7 cm³/mol. The van der Waals surface area contributed by atoms with Gasteiger partial charge in [-0.2, -0.15) is 0 Å². The molecule has 5 heteroatoms. The standard InChI is InChI=1S/C11H17N3O2/c1-7(2)8(3)14(4)10-9(11(15)16)12-5-6-13-10/h5-8H,1-4H3,(H,15,16). The Balaban J connectivity index is 3.08. The molecule has 1 aromatic heterocycles. The van der Waals surface area contributed by atoms with Crippen LogP contribution in [0.5, 0.6) is 0 Å². The molecule has 0 radical (unpaired) electrons. The van der Waals surface area contributed by atoms with Crippen molar-refractivity contribution in [1.82, 2.24) is 9.97 Å². The highest BCUT2D eigenvalue weighted by molar-refractivity contribution is 5.90. The van der Waals surface area contributed by atoms with E-state index in [0.717, 1.165) is 0 Å². The fourth-order valence-corrected chi connectivity index (χ4v) is 1.38. The van der Waals surface area contributed by atoms with Gasteiger partial charge >= 0.3 is 5.97 Å². The molecule has 0 aliphatic heterocycles. The van der Waals surface area contributed by atoms with Crippen molar-refractivity contribution in [2.75, 3.05) is 11.9 Å². The van der Waals surface area contributed by atoms with Gasteiger partial charge in [-0.3, -0.25) is 0 Å². The summed E-state index contributed by atoms with van der Waals surface area (Å²) in [6.45, 7) is 6.20. The molecule has 1 heterocycles. The van der Waals surface area contributed by atoms with Crippen molar-refractivity contribution >= 4 is 11.8 Å². The van der Waals surface area contributed by atoms with Crippen LogP contribution in [0.15, 0.2) is 12.4 Å². The highest BCUT2D eigenvalue weighted by atomic mass is 16.4. The number of rotatable bonds is 4. The fraction of sp³-hybridized carbons (Fsp3) is 0.545. The van der Waals surface area contributed by atoms with E-state index < -0.39 is 5.97 Å². The molecular formula is C11H17N3O2. The van der Waals surface area contributed by atoms with Gasteiger partial charge in [0.25, 0.3) is 0 Å². The van der Waals surface area contributed by atoms with Crippen LogP contribution in [0.2, 0.25) is 0 Å². The SMILES string of the molecule is CC(C)C(C)N(C)c1nccnc1C(=O)O. The third kappa shape index (κ3) is 2.48. The predicted octanol–water partition coefficient (Wildman–Crippen LogP) is 1.66. The summed E-state index contributed by atoms with van der Waals surface area (Å²) in [7, 11) is 1.83. The Morgan fingerprint density at radius 2 is 1.88 bits per heavy atom. The van der Waals surface area contributed by atoms with E-state index in [1.165, 1.54) is 12.4 Å². The molecule has 0 fully saturated rings. The Kier molecular flexibility index (Phi) is 3.82. The lowest BCUT2D eigenvalue weighted by Gasteiger charge is -2.29. The molecule has 5 nitrogen and oxygen atoms in total. The molecule has 1 atom stereocenters. The van der Waals surface area contributed by atoms with E-state index in [1.807, 2.05) is 18.9 Å². The quantitative estimate of drug-likeness (QED) is 0.840. The first-order valence-electron chi connectivity index (χ1n) is 5.22. The molecule has 0 aliphatic carbocycles. The first kappa shape index (κ1) is 12.4. The zero-order valence-electron chi connectivity index (χ0n) is 10.0. The van der Waals surface area contributed by atoms with Crippen LogP contribution < -0.4 is 4.90 Å². The first-order chi connectivity index (χ1) is 7.45. The van der Waals surface area contributed by atoms with Crippen molar-refractivity contribution in [2.24, 2.45) is 5.92 Å². The first-order valence-corrected chi connectivity index (χ1v) is 5.22. The number of carboxylic acids is 1. The van der Waals surface area contributed by atoms with Gasteiger partial charge in [-0.15, -0.1) is 0 Å². The van der Waals surface area contributed by atoms with E-state index in [2.05, 4.69) is 23.8 Å². The molecule has 1 rings (SSSR count). The van der Waals surface area contributed by atoms with Gasteiger partial charge in [0, 0.05) is 25.5 Å². The molecule has 0 spiro atoms. The van der Waals surface area contributed by atoms with Crippen LogP contribution in [-0.2, 0) is 0 Å². The number of nitrogens with zero attached hydrogens (tertiary/aromatic N) is 3. The summed E-state index contributed by atoms with van der Waals surface area (Å²) in [6, 6.07) is 0.204. The van der Waals surface area contributed by atoms with Crippen molar-refractivity contribution in [3.8, 4) is 0 Å². The molecular weight excluding hydrogens is 206 g/mol. The summed E-state index contributed by atoms with van der Waals surface area (Å²) in [6.07, 6.45) is 2.89. The third-order valence-electron chi connectivity index (χ3n) is 2.79. The van der Waals surface area contributed by atoms with Crippen molar-refractivity contribution < 1.29 is 9.90 Å². The van der Waals surface area contributed by atoms with Crippen LogP contribution in [0.3, 0.4) is 0 Å². The normalized spacial score (nSPS) is 12.6. The number of carbonyl (C=O) groups is 1. The van der Waals surface area contributed by atoms with E-state index in [4.69, 9.17) is 5.11 Å². The van der Waals surface area contributed by atoms with Gasteiger partial charge in [-0.25, -0.2) is 14.8 Å². The van der Waals surface area contributed by atoms with E-state index in [0.29, 0.717) is 11.7 Å². The maximum Gasteiger partial charge on any atom is 0.358 e. The van der Waals surface area contributed by atoms with Gasteiger partial charge in [0.1, 0.15) is 0 Å². The van der Waals surface area contributed by atoms with Crippen LogP contribution >= 0.6 is 0 Å². The molecule has 0 saturated carbocycles. The summed E-state index contributed by atoms with van der Waals surface area (Å²) >= 11 is 0. The average molecular weight is 223 g/mol. The van der Waals surface area contributed by atoms with E-state index >= 15 is 0 Å². The maximum absolute atomic E-state index is 11.0. The molecule has 0 saturated heterocycles. The highest BCUT2D eigenvalue weighted by Gasteiger charge is 2.21. The summed E-state index contributed by atoms with van der Waals surface area (Å²) < 4.78 is 0.